The minimum absolute atomic E-state index is 0.000762. The number of hydrogen-bond acceptors (Lipinski definition) is 5. The Balaban J connectivity index is 1.51. The van der Waals surface area contributed by atoms with E-state index in [-0.39, 0.29) is 30.4 Å². The molecular weight excluding hydrogens is 418 g/mol. The largest absolute Gasteiger partial charge is 0.481 e. The van der Waals surface area contributed by atoms with Crippen molar-refractivity contribution in [3.05, 3.63) is 59.7 Å². The van der Waals surface area contributed by atoms with E-state index in [4.69, 9.17) is 4.74 Å². The highest BCUT2D eigenvalue weighted by Gasteiger charge is 2.40. The van der Waals surface area contributed by atoms with Crippen molar-refractivity contribution in [1.29, 1.82) is 0 Å². The van der Waals surface area contributed by atoms with Gasteiger partial charge in [0.25, 0.3) is 0 Å². The van der Waals surface area contributed by atoms with Crippen LogP contribution in [0, 0.1) is 0 Å². The van der Waals surface area contributed by atoms with Crippen molar-refractivity contribution >= 4 is 35.6 Å². The summed E-state index contributed by atoms with van der Waals surface area (Å²) in [5.74, 6) is 0.668. The summed E-state index contributed by atoms with van der Waals surface area (Å²) >= 11 is 3.38. The number of carbonyl (C=O) groups excluding carboxylic acids is 1. The molecule has 1 aliphatic heterocycles. The zero-order valence-corrected chi connectivity index (χ0v) is 18.5. The Morgan fingerprint density at radius 1 is 1.13 bits per heavy atom. The third-order valence-corrected chi connectivity index (χ3v) is 7.78. The van der Waals surface area contributed by atoms with Crippen LogP contribution in [0.5, 0.6) is 0 Å². The van der Waals surface area contributed by atoms with Crippen LogP contribution in [0.15, 0.2) is 48.5 Å². The van der Waals surface area contributed by atoms with Crippen LogP contribution >= 0.6 is 23.5 Å². The zero-order valence-electron chi connectivity index (χ0n) is 16.8. The molecule has 1 saturated heterocycles. The van der Waals surface area contributed by atoms with E-state index in [0.717, 1.165) is 12.2 Å². The minimum Gasteiger partial charge on any atom is -0.481 e. The van der Waals surface area contributed by atoms with Crippen LogP contribution in [0.1, 0.15) is 29.9 Å². The smallest absolute Gasteiger partial charge is 0.410 e. The Morgan fingerprint density at radius 3 is 2.37 bits per heavy atom. The van der Waals surface area contributed by atoms with E-state index in [1.54, 1.807) is 28.4 Å². The maximum Gasteiger partial charge on any atom is 0.410 e. The lowest BCUT2D eigenvalue weighted by atomic mass is 9.98. The molecule has 2 aliphatic rings. The van der Waals surface area contributed by atoms with E-state index in [2.05, 4.69) is 24.3 Å². The van der Waals surface area contributed by atoms with Crippen LogP contribution in [0.25, 0.3) is 11.1 Å². The maximum atomic E-state index is 13.1. The fourth-order valence-corrected chi connectivity index (χ4v) is 6.39. The van der Waals surface area contributed by atoms with Crippen LogP contribution < -0.4 is 0 Å². The zero-order chi connectivity index (χ0) is 21.1. The van der Waals surface area contributed by atoms with Gasteiger partial charge in [-0.05, 0) is 40.7 Å². The summed E-state index contributed by atoms with van der Waals surface area (Å²) in [7, 11) is 0. The number of carbonyl (C=O) groups is 2. The predicted octanol–water partition coefficient (Wildman–Crippen LogP) is 4.91. The van der Waals surface area contributed by atoms with Crippen molar-refractivity contribution in [3.8, 4) is 11.1 Å². The molecule has 1 N–H and O–H groups in total. The second-order valence-electron chi connectivity index (χ2n) is 7.53. The molecule has 0 spiro atoms. The second-order valence-corrected chi connectivity index (χ2v) is 9.73. The van der Waals surface area contributed by atoms with Gasteiger partial charge in [0, 0.05) is 11.7 Å². The first kappa shape index (κ1) is 21.1. The van der Waals surface area contributed by atoms with Crippen LogP contribution in [0.4, 0.5) is 4.79 Å². The Labute approximate surface area is 185 Å². The third-order valence-electron chi connectivity index (χ3n) is 5.71. The molecule has 2 atom stereocenters. The summed E-state index contributed by atoms with van der Waals surface area (Å²) in [6.07, 6.45) is 2.41. The molecular formula is C23H25NO4S2. The summed E-state index contributed by atoms with van der Waals surface area (Å²) in [5, 5.41) is 9.23. The molecule has 1 aliphatic carbocycles. The lowest BCUT2D eigenvalue weighted by Gasteiger charge is -2.28. The quantitative estimate of drug-likeness (QED) is 0.656. The molecule has 2 aromatic carbocycles. The highest BCUT2D eigenvalue weighted by molar-refractivity contribution is 8.00. The van der Waals surface area contributed by atoms with E-state index in [0.29, 0.717) is 5.75 Å². The summed E-state index contributed by atoms with van der Waals surface area (Å²) in [5.41, 5.74) is 4.71. The third kappa shape index (κ3) is 4.18. The lowest BCUT2D eigenvalue weighted by Crippen LogP contribution is -2.43. The van der Waals surface area contributed by atoms with Crippen LogP contribution in [0.2, 0.25) is 0 Å². The highest BCUT2D eigenvalue weighted by atomic mass is 32.2. The van der Waals surface area contributed by atoms with Gasteiger partial charge in [0.2, 0.25) is 0 Å². The van der Waals surface area contributed by atoms with Gasteiger partial charge in [0.15, 0.2) is 0 Å². The number of amides is 1. The van der Waals surface area contributed by atoms with Crippen molar-refractivity contribution in [2.24, 2.45) is 0 Å². The number of carboxylic acid groups (broad SMARTS) is 1. The fourth-order valence-electron chi connectivity index (χ4n) is 4.35. The molecule has 0 bridgehead atoms. The van der Waals surface area contributed by atoms with Gasteiger partial charge in [0.1, 0.15) is 6.61 Å². The highest BCUT2D eigenvalue weighted by Crippen LogP contribution is 2.44. The average molecular weight is 444 g/mol. The van der Waals surface area contributed by atoms with Gasteiger partial charge in [-0.15, -0.1) is 11.8 Å². The minimum atomic E-state index is -0.887. The molecule has 1 fully saturated rings. The first-order valence-electron chi connectivity index (χ1n) is 10.1. The van der Waals surface area contributed by atoms with Crippen LogP contribution in [0.3, 0.4) is 0 Å². The number of nitrogens with zero attached hydrogens (tertiary/aromatic N) is 1. The molecule has 7 heteroatoms. The maximum absolute atomic E-state index is 13.1. The van der Waals surface area contributed by atoms with Crippen LogP contribution in [-0.2, 0) is 9.53 Å². The number of hydrogen-bond donors (Lipinski definition) is 1. The molecule has 30 heavy (non-hydrogen) atoms. The van der Waals surface area contributed by atoms with Crippen LogP contribution in [-0.4, -0.2) is 57.9 Å². The standard InChI is InChI=1S/C23H25NO4S2/c1-29-11-10-21-24(15(14-30-21)12-22(25)26)23(27)28-13-20-18-8-4-2-6-16(18)17-7-3-5-9-19(17)20/h2-9,15,20-21H,10-14H2,1H3,(H,25,26). The normalized spacial score (nSPS) is 20.1. The first-order valence-corrected chi connectivity index (χ1v) is 12.5. The molecule has 0 radical (unpaired) electrons. The first-order chi connectivity index (χ1) is 14.6. The number of aliphatic carboxylic acids is 1. The summed E-state index contributed by atoms with van der Waals surface area (Å²) in [4.78, 5) is 26.0. The monoisotopic (exact) mass is 443 g/mol. The number of benzene rings is 2. The van der Waals surface area contributed by atoms with Gasteiger partial charge in [-0.3, -0.25) is 9.69 Å². The van der Waals surface area contributed by atoms with Gasteiger partial charge in [-0.2, -0.15) is 11.8 Å². The Morgan fingerprint density at radius 2 is 1.77 bits per heavy atom. The number of rotatable bonds is 7. The Bertz CT molecular complexity index is 889. The van der Waals surface area contributed by atoms with E-state index in [1.165, 1.54) is 22.3 Å². The number of carboxylic acids is 1. The van der Waals surface area contributed by atoms with E-state index >= 15 is 0 Å². The molecule has 1 heterocycles. The Kier molecular flexibility index (Phi) is 6.58. The number of thioether (sulfide) groups is 2. The molecule has 4 rings (SSSR count). The van der Waals surface area contributed by atoms with E-state index in [9.17, 15) is 14.7 Å². The Hall–Kier alpha value is -2.12. The van der Waals surface area contributed by atoms with Crippen molar-refractivity contribution in [2.75, 3.05) is 24.4 Å². The molecule has 2 unspecified atom stereocenters. The SMILES string of the molecule is CSCCC1SCC(CC(=O)O)N1C(=O)OCC1c2ccccc2-c2ccccc21. The van der Waals surface area contributed by atoms with Gasteiger partial charge < -0.3 is 9.84 Å². The van der Waals surface area contributed by atoms with E-state index < -0.39 is 12.1 Å². The van der Waals surface area contributed by atoms with Crippen molar-refractivity contribution in [1.82, 2.24) is 4.90 Å². The second kappa shape index (κ2) is 9.35. The molecule has 0 saturated carbocycles. The molecule has 0 aromatic heterocycles. The van der Waals surface area contributed by atoms with Crippen molar-refractivity contribution in [3.63, 3.8) is 0 Å². The van der Waals surface area contributed by atoms with Gasteiger partial charge in [-0.25, -0.2) is 4.79 Å². The van der Waals surface area contributed by atoms with E-state index in [1.807, 2.05) is 30.5 Å². The summed E-state index contributed by atoms with van der Waals surface area (Å²) < 4.78 is 5.82. The molecule has 158 valence electrons. The molecule has 5 nitrogen and oxygen atoms in total. The summed E-state index contributed by atoms with van der Waals surface area (Å²) in [6, 6.07) is 16.1. The summed E-state index contributed by atoms with van der Waals surface area (Å²) in [6.45, 7) is 0.253. The predicted molar refractivity (Wildman–Crippen MR) is 122 cm³/mol. The topological polar surface area (TPSA) is 66.8 Å². The van der Waals surface area contributed by atoms with Crippen molar-refractivity contribution < 1.29 is 19.4 Å². The van der Waals surface area contributed by atoms with Gasteiger partial charge in [-0.1, -0.05) is 48.5 Å². The number of fused-ring (bicyclic) bond motifs is 3. The van der Waals surface area contributed by atoms with Gasteiger partial charge in [0.05, 0.1) is 17.8 Å². The van der Waals surface area contributed by atoms with Gasteiger partial charge >= 0.3 is 12.1 Å². The molecule has 2 aromatic rings. The molecule has 1 amide bonds. The fraction of sp³-hybridized carbons (Fsp3) is 0.391. The lowest BCUT2D eigenvalue weighted by molar-refractivity contribution is -0.138. The van der Waals surface area contributed by atoms with Crippen molar-refractivity contribution in [2.45, 2.75) is 30.2 Å². The average Bonchev–Trinajstić information content (AvgIpc) is 3.29. The number of ether oxygens (including phenoxy) is 1.